The van der Waals surface area contributed by atoms with Crippen molar-refractivity contribution in [1.29, 1.82) is 0 Å². The molecule has 0 aromatic heterocycles. The molecule has 1 aromatic carbocycles. The first-order valence-corrected chi connectivity index (χ1v) is 13.1. The van der Waals surface area contributed by atoms with Crippen molar-refractivity contribution in [2.75, 3.05) is 31.5 Å². The van der Waals surface area contributed by atoms with Gasteiger partial charge in [-0.1, -0.05) is 19.8 Å². The summed E-state index contributed by atoms with van der Waals surface area (Å²) in [6.45, 7) is 4.61. The van der Waals surface area contributed by atoms with Crippen molar-refractivity contribution in [2.24, 2.45) is 5.92 Å². The Morgan fingerprint density at radius 2 is 1.73 bits per heavy atom. The van der Waals surface area contributed by atoms with Gasteiger partial charge in [-0.25, -0.2) is 8.42 Å². The second-order valence-corrected chi connectivity index (χ2v) is 11.6. The molecule has 4 rings (SSSR count). The van der Waals surface area contributed by atoms with E-state index in [4.69, 9.17) is 0 Å². The lowest BCUT2D eigenvalue weighted by molar-refractivity contribution is -0.135. The molecule has 3 aliphatic rings. The van der Waals surface area contributed by atoms with Gasteiger partial charge in [-0.2, -0.15) is 4.31 Å². The quantitative estimate of drug-likeness (QED) is 0.714. The van der Waals surface area contributed by atoms with Crippen molar-refractivity contribution in [3.05, 3.63) is 18.2 Å². The lowest BCUT2D eigenvalue weighted by Crippen LogP contribution is -2.47. The van der Waals surface area contributed by atoms with Gasteiger partial charge < -0.3 is 10.2 Å². The number of benzene rings is 1. The summed E-state index contributed by atoms with van der Waals surface area (Å²) in [4.78, 5) is 28.3. The number of thioether (sulfide) groups is 1. The lowest BCUT2D eigenvalue weighted by Gasteiger charge is -2.34. The van der Waals surface area contributed by atoms with E-state index in [1.165, 1.54) is 17.8 Å². The van der Waals surface area contributed by atoms with Gasteiger partial charge in [0, 0.05) is 31.1 Å². The molecule has 1 N–H and O–H groups in total. The van der Waals surface area contributed by atoms with Gasteiger partial charge >= 0.3 is 0 Å². The Balaban J connectivity index is 1.51. The van der Waals surface area contributed by atoms with Crippen molar-refractivity contribution in [3.63, 3.8) is 0 Å². The van der Waals surface area contributed by atoms with Gasteiger partial charge in [0.05, 0.1) is 10.6 Å². The van der Waals surface area contributed by atoms with Crippen LogP contribution in [0.15, 0.2) is 28.0 Å². The highest BCUT2D eigenvalue weighted by atomic mass is 32.2. The van der Waals surface area contributed by atoms with Crippen LogP contribution in [0.3, 0.4) is 0 Å². The van der Waals surface area contributed by atoms with Crippen molar-refractivity contribution in [2.45, 2.75) is 60.5 Å². The molecule has 164 valence electrons. The molecule has 0 spiro atoms. The molecule has 0 radical (unpaired) electrons. The predicted molar refractivity (Wildman–Crippen MR) is 117 cm³/mol. The zero-order valence-corrected chi connectivity index (χ0v) is 18.9. The second-order valence-electron chi connectivity index (χ2n) is 8.47. The van der Waals surface area contributed by atoms with Crippen LogP contribution in [-0.4, -0.2) is 60.9 Å². The van der Waals surface area contributed by atoms with Crippen LogP contribution >= 0.6 is 11.8 Å². The van der Waals surface area contributed by atoms with Crippen LogP contribution in [0.25, 0.3) is 0 Å². The molecule has 30 heavy (non-hydrogen) atoms. The highest BCUT2D eigenvalue weighted by Gasteiger charge is 2.37. The number of hydrogen-bond acceptors (Lipinski definition) is 5. The Morgan fingerprint density at radius 3 is 2.40 bits per heavy atom. The largest absolute Gasteiger partial charge is 0.341 e. The van der Waals surface area contributed by atoms with E-state index in [1.807, 2.05) is 0 Å². The summed E-state index contributed by atoms with van der Waals surface area (Å²) in [6.07, 6.45) is 5.76. The fourth-order valence-corrected chi connectivity index (χ4v) is 6.83. The highest BCUT2D eigenvalue weighted by Crippen LogP contribution is 2.38. The summed E-state index contributed by atoms with van der Waals surface area (Å²) in [6, 6.07) is 4.83. The standard InChI is InChI=1S/C21H29N3O4S2/c1-15-8-12-23(13-9-15)21(26)19-20(25)22-17-14-16(6-7-18(17)29-19)30(27,28)24-10-4-2-3-5-11-24/h6-7,14-15,19H,2-5,8-13H2,1H3,(H,22,25). The van der Waals surface area contributed by atoms with E-state index in [1.54, 1.807) is 21.3 Å². The number of piperidine rings is 1. The first kappa shape index (κ1) is 21.6. The minimum absolute atomic E-state index is 0.156. The molecule has 3 heterocycles. The minimum Gasteiger partial charge on any atom is -0.341 e. The Hall–Kier alpha value is -1.58. The molecule has 0 bridgehead atoms. The van der Waals surface area contributed by atoms with Gasteiger partial charge in [0.25, 0.3) is 0 Å². The molecule has 0 saturated carbocycles. The molecule has 3 aliphatic heterocycles. The maximum atomic E-state index is 13.1. The van der Waals surface area contributed by atoms with Gasteiger partial charge in [-0.05, 0) is 49.8 Å². The number of sulfonamides is 1. The Kier molecular flexibility index (Phi) is 6.41. The van der Waals surface area contributed by atoms with Gasteiger partial charge in [-0.3, -0.25) is 9.59 Å². The third-order valence-electron chi connectivity index (χ3n) is 6.21. The molecular formula is C21H29N3O4S2. The molecule has 1 unspecified atom stereocenters. The fourth-order valence-electron chi connectivity index (χ4n) is 4.24. The first-order chi connectivity index (χ1) is 14.4. The summed E-state index contributed by atoms with van der Waals surface area (Å²) in [5.41, 5.74) is 0.470. The topological polar surface area (TPSA) is 86.8 Å². The van der Waals surface area contributed by atoms with Crippen LogP contribution < -0.4 is 5.32 Å². The Morgan fingerprint density at radius 1 is 1.07 bits per heavy atom. The Bertz CT molecular complexity index is 918. The maximum Gasteiger partial charge on any atom is 0.247 e. The van der Waals surface area contributed by atoms with E-state index in [2.05, 4.69) is 12.2 Å². The first-order valence-electron chi connectivity index (χ1n) is 10.8. The molecule has 0 aliphatic carbocycles. The average Bonchev–Trinajstić information content (AvgIpc) is 3.03. The number of fused-ring (bicyclic) bond motifs is 1. The van der Waals surface area contributed by atoms with Crippen molar-refractivity contribution >= 4 is 39.3 Å². The Labute approximate surface area is 182 Å². The van der Waals surface area contributed by atoms with E-state index in [0.717, 1.165) is 43.4 Å². The minimum atomic E-state index is -3.59. The summed E-state index contributed by atoms with van der Waals surface area (Å²) in [5, 5.41) is 1.96. The van der Waals surface area contributed by atoms with Crippen LogP contribution in [0.1, 0.15) is 45.4 Å². The number of carbonyl (C=O) groups is 2. The molecule has 7 nitrogen and oxygen atoms in total. The third kappa shape index (κ3) is 4.38. The molecule has 9 heteroatoms. The number of hydrogen-bond donors (Lipinski definition) is 1. The number of likely N-dealkylation sites (tertiary alicyclic amines) is 1. The molecular weight excluding hydrogens is 422 g/mol. The van der Waals surface area contributed by atoms with Crippen LogP contribution in [-0.2, 0) is 19.6 Å². The van der Waals surface area contributed by atoms with E-state index in [9.17, 15) is 18.0 Å². The van der Waals surface area contributed by atoms with Crippen LogP contribution in [0, 0.1) is 5.92 Å². The maximum absolute atomic E-state index is 13.1. The molecule has 1 atom stereocenters. The highest BCUT2D eigenvalue weighted by molar-refractivity contribution is 8.01. The normalized spacial score (nSPS) is 24.1. The van der Waals surface area contributed by atoms with Crippen molar-refractivity contribution < 1.29 is 18.0 Å². The third-order valence-corrected chi connectivity index (χ3v) is 9.37. The summed E-state index contributed by atoms with van der Waals surface area (Å²) < 4.78 is 27.7. The summed E-state index contributed by atoms with van der Waals surface area (Å²) >= 11 is 1.21. The number of amides is 2. The van der Waals surface area contributed by atoms with Gasteiger partial charge in [0.15, 0.2) is 5.25 Å². The number of anilines is 1. The zero-order chi connectivity index (χ0) is 21.3. The number of nitrogens with zero attached hydrogens (tertiary/aromatic N) is 2. The lowest BCUT2D eigenvalue weighted by atomic mass is 9.99. The molecule has 2 saturated heterocycles. The zero-order valence-electron chi connectivity index (χ0n) is 17.3. The average molecular weight is 452 g/mol. The number of carbonyl (C=O) groups excluding carboxylic acids is 2. The number of rotatable bonds is 3. The van der Waals surface area contributed by atoms with E-state index >= 15 is 0 Å². The van der Waals surface area contributed by atoms with Crippen LogP contribution in [0.2, 0.25) is 0 Å². The number of nitrogens with one attached hydrogen (secondary N) is 1. The van der Waals surface area contributed by atoms with Gasteiger partial charge in [0.1, 0.15) is 0 Å². The van der Waals surface area contributed by atoms with Gasteiger partial charge in [-0.15, -0.1) is 11.8 Å². The summed E-state index contributed by atoms with van der Waals surface area (Å²) in [5.74, 6) is 0.0731. The fraction of sp³-hybridized carbons (Fsp3) is 0.619. The molecule has 2 fully saturated rings. The van der Waals surface area contributed by atoms with Crippen LogP contribution in [0.5, 0.6) is 0 Å². The predicted octanol–water partition coefficient (Wildman–Crippen LogP) is 2.92. The molecule has 2 amide bonds. The van der Waals surface area contributed by atoms with Crippen molar-refractivity contribution in [1.82, 2.24) is 9.21 Å². The van der Waals surface area contributed by atoms with E-state index < -0.39 is 15.3 Å². The molecule has 1 aromatic rings. The summed E-state index contributed by atoms with van der Waals surface area (Å²) in [7, 11) is -3.59. The van der Waals surface area contributed by atoms with E-state index in [-0.39, 0.29) is 16.7 Å². The smallest absolute Gasteiger partial charge is 0.247 e. The second kappa shape index (κ2) is 8.88. The van der Waals surface area contributed by atoms with E-state index in [0.29, 0.717) is 37.8 Å². The van der Waals surface area contributed by atoms with Gasteiger partial charge in [0.2, 0.25) is 21.8 Å². The monoisotopic (exact) mass is 451 g/mol. The van der Waals surface area contributed by atoms with Crippen LogP contribution in [0.4, 0.5) is 5.69 Å². The van der Waals surface area contributed by atoms with Crippen molar-refractivity contribution in [3.8, 4) is 0 Å². The SMILES string of the molecule is CC1CCN(C(=O)C2Sc3ccc(S(=O)(=O)N4CCCCCC4)cc3NC2=O)CC1.